The maximum absolute atomic E-state index is 12.9. The number of morpholine rings is 1. The first kappa shape index (κ1) is 21.0. The molecule has 1 heterocycles. The Balaban J connectivity index is 1.34. The molecule has 4 rings (SSSR count). The highest BCUT2D eigenvalue weighted by Gasteiger charge is 2.65. The van der Waals surface area contributed by atoms with Gasteiger partial charge in [-0.25, -0.2) is 13.1 Å². The van der Waals surface area contributed by atoms with Gasteiger partial charge in [-0.1, -0.05) is 44.2 Å². The van der Waals surface area contributed by atoms with Gasteiger partial charge in [0.05, 0.1) is 18.5 Å². The molecule has 0 aromatic heterocycles. The van der Waals surface area contributed by atoms with Crippen molar-refractivity contribution in [2.45, 2.75) is 45.8 Å². The third-order valence-corrected chi connectivity index (χ3v) is 9.06. The van der Waals surface area contributed by atoms with Gasteiger partial charge in [-0.3, -0.25) is 9.69 Å². The summed E-state index contributed by atoms with van der Waals surface area (Å²) < 4.78 is 34.3. The van der Waals surface area contributed by atoms with Crippen LogP contribution in [-0.4, -0.2) is 57.2 Å². The number of carbonyl (C=O) groups is 1. The smallest absolute Gasteiger partial charge is 0.212 e. The number of ketones is 1. The third kappa shape index (κ3) is 4.02. The molecule has 1 aromatic carbocycles. The molecule has 1 aliphatic heterocycles. The molecule has 1 saturated heterocycles. The van der Waals surface area contributed by atoms with Gasteiger partial charge in [0.25, 0.3) is 0 Å². The lowest BCUT2D eigenvalue weighted by molar-refractivity contribution is -0.128. The topological polar surface area (TPSA) is 75.7 Å². The molecule has 0 radical (unpaired) electrons. The zero-order valence-electron chi connectivity index (χ0n) is 17.4. The SMILES string of the molecule is CC1(C)C2CCC1(CS(=O)(=O)NCC1CN(Cc3ccccc3)CCO1)C(=O)C2. The molecule has 3 atom stereocenters. The number of fused-ring (bicyclic) bond motifs is 2. The van der Waals surface area contributed by atoms with E-state index in [2.05, 4.69) is 35.6 Å². The summed E-state index contributed by atoms with van der Waals surface area (Å²) in [4.78, 5) is 14.9. The zero-order valence-corrected chi connectivity index (χ0v) is 18.2. The Hall–Kier alpha value is -1.28. The number of nitrogens with one attached hydrogen (secondary N) is 1. The molecule has 2 bridgehead atoms. The fourth-order valence-electron chi connectivity index (χ4n) is 5.59. The number of carbonyl (C=O) groups excluding carboxylic acids is 1. The van der Waals surface area contributed by atoms with Crippen LogP contribution in [0.2, 0.25) is 0 Å². The normalized spacial score (nSPS) is 32.0. The van der Waals surface area contributed by atoms with E-state index in [9.17, 15) is 13.2 Å². The van der Waals surface area contributed by atoms with Crippen molar-refractivity contribution >= 4 is 15.8 Å². The Morgan fingerprint density at radius 3 is 2.66 bits per heavy atom. The average Bonchev–Trinajstić information content (AvgIpc) is 3.02. The molecule has 1 N–H and O–H groups in total. The molecular weight excluding hydrogens is 388 g/mol. The minimum absolute atomic E-state index is 0.0945. The van der Waals surface area contributed by atoms with Gasteiger partial charge in [0.2, 0.25) is 10.0 Å². The van der Waals surface area contributed by atoms with Crippen molar-refractivity contribution in [1.82, 2.24) is 9.62 Å². The van der Waals surface area contributed by atoms with Crippen molar-refractivity contribution in [3.63, 3.8) is 0 Å². The summed E-state index contributed by atoms with van der Waals surface area (Å²) in [5, 5.41) is 0. The summed E-state index contributed by atoms with van der Waals surface area (Å²) in [6, 6.07) is 10.3. The van der Waals surface area contributed by atoms with E-state index in [1.165, 1.54) is 5.56 Å². The minimum Gasteiger partial charge on any atom is -0.374 e. The number of Topliss-reactive ketones (excluding diaryl/α,β-unsaturated/α-hetero) is 1. The highest BCUT2D eigenvalue weighted by Crippen LogP contribution is 2.64. The van der Waals surface area contributed by atoms with E-state index < -0.39 is 15.4 Å². The molecule has 2 saturated carbocycles. The largest absolute Gasteiger partial charge is 0.374 e. The molecule has 160 valence electrons. The van der Waals surface area contributed by atoms with Crippen LogP contribution in [0.4, 0.5) is 0 Å². The third-order valence-electron chi connectivity index (χ3n) is 7.58. The van der Waals surface area contributed by atoms with Gasteiger partial charge in [-0.2, -0.15) is 0 Å². The van der Waals surface area contributed by atoms with Crippen molar-refractivity contribution in [3.05, 3.63) is 35.9 Å². The van der Waals surface area contributed by atoms with Crippen molar-refractivity contribution in [2.24, 2.45) is 16.7 Å². The van der Waals surface area contributed by atoms with E-state index in [-0.39, 0.29) is 29.6 Å². The van der Waals surface area contributed by atoms with Crippen molar-refractivity contribution in [3.8, 4) is 0 Å². The molecule has 3 unspecified atom stereocenters. The van der Waals surface area contributed by atoms with E-state index in [1.54, 1.807) is 0 Å². The Morgan fingerprint density at radius 2 is 2.00 bits per heavy atom. The highest BCUT2D eigenvalue weighted by molar-refractivity contribution is 7.89. The summed E-state index contributed by atoms with van der Waals surface area (Å²) in [5.41, 5.74) is 0.272. The van der Waals surface area contributed by atoms with Crippen LogP contribution < -0.4 is 4.72 Å². The van der Waals surface area contributed by atoms with Gasteiger partial charge in [0, 0.05) is 38.0 Å². The molecule has 29 heavy (non-hydrogen) atoms. The summed E-state index contributed by atoms with van der Waals surface area (Å²) in [7, 11) is -3.56. The molecule has 2 aliphatic carbocycles. The lowest BCUT2D eigenvalue weighted by Gasteiger charge is -2.36. The van der Waals surface area contributed by atoms with Gasteiger partial charge in [-0.05, 0) is 29.7 Å². The molecule has 1 aromatic rings. The first-order valence-corrected chi connectivity index (χ1v) is 12.3. The van der Waals surface area contributed by atoms with Gasteiger partial charge in [-0.15, -0.1) is 0 Å². The second-order valence-corrected chi connectivity index (χ2v) is 11.3. The summed E-state index contributed by atoms with van der Waals surface area (Å²) >= 11 is 0. The molecule has 3 aliphatic rings. The van der Waals surface area contributed by atoms with Gasteiger partial charge < -0.3 is 4.74 Å². The van der Waals surface area contributed by atoms with Crippen LogP contribution in [0.3, 0.4) is 0 Å². The number of benzene rings is 1. The van der Waals surface area contributed by atoms with Crippen LogP contribution in [0.1, 0.15) is 38.7 Å². The van der Waals surface area contributed by atoms with E-state index in [4.69, 9.17) is 4.74 Å². The van der Waals surface area contributed by atoms with Gasteiger partial charge in [0.15, 0.2) is 0 Å². The minimum atomic E-state index is -3.56. The molecule has 0 spiro atoms. The van der Waals surface area contributed by atoms with Crippen LogP contribution >= 0.6 is 0 Å². The second kappa shape index (κ2) is 7.76. The standard InChI is InChI=1S/C22H32N2O4S/c1-21(2)18-8-9-22(21,20(25)12-18)16-29(26,27)23-13-19-15-24(10-11-28-19)14-17-6-4-3-5-7-17/h3-7,18-19,23H,8-16H2,1-2H3. The first-order valence-electron chi connectivity index (χ1n) is 10.6. The Bertz CT molecular complexity index is 855. The quantitative estimate of drug-likeness (QED) is 0.732. The summed E-state index contributed by atoms with van der Waals surface area (Å²) in [6.07, 6.45) is 2.00. The van der Waals surface area contributed by atoms with Crippen molar-refractivity contribution in [1.29, 1.82) is 0 Å². The van der Waals surface area contributed by atoms with E-state index in [0.29, 0.717) is 31.9 Å². The summed E-state index contributed by atoms with van der Waals surface area (Å²) in [6.45, 7) is 7.34. The lowest BCUT2D eigenvalue weighted by Crippen LogP contribution is -2.50. The summed E-state index contributed by atoms with van der Waals surface area (Å²) in [5.74, 6) is 0.355. The molecule has 3 fully saturated rings. The first-order chi connectivity index (χ1) is 13.7. The molecule has 7 heteroatoms. The Kier molecular flexibility index (Phi) is 5.61. The molecule has 0 amide bonds. The number of rotatable bonds is 7. The fraction of sp³-hybridized carbons (Fsp3) is 0.682. The van der Waals surface area contributed by atoms with Crippen LogP contribution in [0, 0.1) is 16.7 Å². The van der Waals surface area contributed by atoms with E-state index in [1.807, 2.05) is 18.2 Å². The Labute approximate surface area is 174 Å². The van der Waals surface area contributed by atoms with Gasteiger partial charge in [0.1, 0.15) is 5.78 Å². The van der Waals surface area contributed by atoms with Crippen LogP contribution in [0.25, 0.3) is 0 Å². The van der Waals surface area contributed by atoms with Crippen molar-refractivity contribution < 1.29 is 17.9 Å². The number of nitrogens with zero attached hydrogens (tertiary/aromatic N) is 1. The number of hydrogen-bond donors (Lipinski definition) is 1. The highest BCUT2D eigenvalue weighted by atomic mass is 32.2. The maximum Gasteiger partial charge on any atom is 0.212 e. The number of sulfonamides is 1. The van der Waals surface area contributed by atoms with Gasteiger partial charge >= 0.3 is 0 Å². The predicted octanol–water partition coefficient (Wildman–Crippen LogP) is 2.20. The fourth-order valence-corrected chi connectivity index (χ4v) is 7.46. The monoisotopic (exact) mass is 420 g/mol. The molecular formula is C22H32N2O4S. The van der Waals surface area contributed by atoms with Crippen molar-refractivity contribution in [2.75, 3.05) is 32.0 Å². The Morgan fingerprint density at radius 1 is 1.24 bits per heavy atom. The maximum atomic E-state index is 12.9. The average molecular weight is 421 g/mol. The lowest BCUT2D eigenvalue weighted by atomic mass is 9.70. The van der Waals surface area contributed by atoms with E-state index >= 15 is 0 Å². The second-order valence-electron chi connectivity index (χ2n) is 9.49. The number of hydrogen-bond acceptors (Lipinski definition) is 5. The van der Waals surface area contributed by atoms with Crippen LogP contribution in [-0.2, 0) is 26.1 Å². The zero-order chi connectivity index (χ0) is 20.7. The predicted molar refractivity (Wildman–Crippen MR) is 112 cm³/mol. The van der Waals surface area contributed by atoms with Crippen LogP contribution in [0.5, 0.6) is 0 Å². The van der Waals surface area contributed by atoms with E-state index in [0.717, 1.165) is 19.5 Å². The van der Waals surface area contributed by atoms with Crippen LogP contribution in [0.15, 0.2) is 30.3 Å². The number of ether oxygens (including phenoxy) is 1. The molecule has 6 nitrogen and oxygen atoms in total.